The predicted octanol–water partition coefficient (Wildman–Crippen LogP) is 4.93. The Bertz CT molecular complexity index is 1160. The maximum atomic E-state index is 12.9. The van der Waals surface area contributed by atoms with Crippen LogP contribution in [0.25, 0.3) is 10.9 Å². The fraction of sp³-hybridized carbons (Fsp3) is 0.519. The van der Waals surface area contributed by atoms with Gasteiger partial charge in [-0.05, 0) is 69.7 Å². The minimum atomic E-state index is -1.17. The minimum Gasteiger partial charge on any atom is -0.396 e. The number of fused-ring (bicyclic) bond motifs is 1. The summed E-state index contributed by atoms with van der Waals surface area (Å²) in [5.41, 5.74) is 2.06. The fourth-order valence-corrected chi connectivity index (χ4v) is 4.88. The molecular weight excluding hydrogens is 428 g/mol. The van der Waals surface area contributed by atoms with Gasteiger partial charge in [0.2, 0.25) is 0 Å². The van der Waals surface area contributed by atoms with Crippen molar-refractivity contribution in [3.8, 4) is 0 Å². The Morgan fingerprint density at radius 2 is 1.82 bits per heavy atom. The van der Waals surface area contributed by atoms with Gasteiger partial charge in [0.25, 0.3) is 5.91 Å². The van der Waals surface area contributed by atoms with Crippen molar-refractivity contribution in [3.63, 3.8) is 0 Å². The molecule has 7 heteroatoms. The summed E-state index contributed by atoms with van der Waals surface area (Å²) in [4.78, 5) is 17.1. The lowest BCUT2D eigenvalue weighted by atomic mass is 9.86. The minimum absolute atomic E-state index is 0.204. The number of anilines is 1. The number of pyridine rings is 1. The highest BCUT2D eigenvalue weighted by atomic mass is 16.3. The summed E-state index contributed by atoms with van der Waals surface area (Å²) >= 11 is 0. The number of carbonyl (C=O) groups is 1. The molecule has 1 aromatic carbocycles. The van der Waals surface area contributed by atoms with E-state index in [1.54, 1.807) is 38.2 Å². The molecule has 3 aromatic rings. The van der Waals surface area contributed by atoms with Gasteiger partial charge in [0.05, 0.1) is 22.9 Å². The number of aliphatic hydroxyl groups is 2. The Labute approximate surface area is 201 Å². The van der Waals surface area contributed by atoms with E-state index in [0.717, 1.165) is 42.3 Å². The van der Waals surface area contributed by atoms with E-state index in [9.17, 15) is 15.0 Å². The molecule has 1 amide bonds. The van der Waals surface area contributed by atoms with E-state index in [2.05, 4.69) is 35.8 Å². The van der Waals surface area contributed by atoms with Gasteiger partial charge in [-0.1, -0.05) is 26.8 Å². The van der Waals surface area contributed by atoms with Gasteiger partial charge in [-0.25, -0.2) is 0 Å². The van der Waals surface area contributed by atoms with Crippen LogP contribution in [0.4, 0.5) is 5.69 Å². The quantitative estimate of drug-likeness (QED) is 0.497. The molecule has 3 N–H and O–H groups in total. The number of amides is 1. The zero-order valence-corrected chi connectivity index (χ0v) is 20.8. The molecule has 0 saturated heterocycles. The molecule has 182 valence electrons. The number of rotatable bonds is 5. The molecule has 0 atom stereocenters. The molecule has 34 heavy (non-hydrogen) atoms. The highest BCUT2D eigenvalue weighted by Gasteiger charge is 2.31. The van der Waals surface area contributed by atoms with E-state index in [4.69, 9.17) is 5.10 Å². The van der Waals surface area contributed by atoms with Crippen molar-refractivity contribution >= 4 is 22.5 Å². The standard InChI is InChI=1S/C27H36N4O3/c1-26(2,3)24-19-14-22(29-25(33)21-8-6-7-13-28-21)20(27(4,5)34)15-23(19)31(30-24)18-11-9-17(16-32)10-12-18/h6-8,13-15,17-18,32,34H,9-12,16H2,1-5H3,(H,29,33). The maximum absolute atomic E-state index is 12.9. The van der Waals surface area contributed by atoms with Crippen molar-refractivity contribution in [1.29, 1.82) is 0 Å². The molecule has 0 aliphatic heterocycles. The van der Waals surface area contributed by atoms with Crippen molar-refractivity contribution < 1.29 is 15.0 Å². The summed E-state index contributed by atoms with van der Waals surface area (Å²) in [5, 5.41) is 29.6. The van der Waals surface area contributed by atoms with Crippen molar-refractivity contribution in [2.75, 3.05) is 11.9 Å². The molecule has 4 rings (SSSR count). The van der Waals surface area contributed by atoms with Gasteiger partial charge >= 0.3 is 0 Å². The first-order valence-corrected chi connectivity index (χ1v) is 12.1. The van der Waals surface area contributed by atoms with Crippen LogP contribution < -0.4 is 5.32 Å². The predicted molar refractivity (Wildman–Crippen MR) is 134 cm³/mol. The summed E-state index contributed by atoms with van der Waals surface area (Å²) in [5.74, 6) is 0.0398. The van der Waals surface area contributed by atoms with Crippen LogP contribution in [-0.2, 0) is 11.0 Å². The first-order valence-electron chi connectivity index (χ1n) is 12.1. The molecular formula is C27H36N4O3. The first kappa shape index (κ1) is 24.4. The van der Waals surface area contributed by atoms with Crippen LogP contribution >= 0.6 is 0 Å². The van der Waals surface area contributed by atoms with Crippen LogP contribution in [0.15, 0.2) is 36.5 Å². The Hall–Kier alpha value is -2.77. The summed E-state index contributed by atoms with van der Waals surface area (Å²) < 4.78 is 2.11. The number of hydrogen-bond donors (Lipinski definition) is 3. The second kappa shape index (κ2) is 9.12. The van der Waals surface area contributed by atoms with Crippen LogP contribution in [0.3, 0.4) is 0 Å². The summed E-state index contributed by atoms with van der Waals surface area (Å²) in [7, 11) is 0. The third kappa shape index (κ3) is 4.86. The third-order valence-electron chi connectivity index (χ3n) is 6.78. The first-order chi connectivity index (χ1) is 16.0. The average molecular weight is 465 g/mol. The number of benzene rings is 1. The molecule has 1 aliphatic rings. The van der Waals surface area contributed by atoms with Gasteiger partial charge in [0.15, 0.2) is 0 Å². The lowest BCUT2D eigenvalue weighted by Gasteiger charge is -2.28. The molecule has 7 nitrogen and oxygen atoms in total. The van der Waals surface area contributed by atoms with Gasteiger partial charge < -0.3 is 15.5 Å². The maximum Gasteiger partial charge on any atom is 0.274 e. The highest BCUT2D eigenvalue weighted by molar-refractivity contribution is 6.04. The molecule has 2 aromatic heterocycles. The van der Waals surface area contributed by atoms with Crippen LogP contribution in [0, 0.1) is 5.92 Å². The molecule has 0 spiro atoms. The average Bonchev–Trinajstić information content (AvgIpc) is 3.17. The molecule has 2 heterocycles. The number of nitrogens with zero attached hydrogens (tertiary/aromatic N) is 3. The van der Waals surface area contributed by atoms with Crippen LogP contribution in [0.5, 0.6) is 0 Å². The molecule has 1 saturated carbocycles. The zero-order chi connectivity index (χ0) is 24.7. The second-order valence-corrected chi connectivity index (χ2v) is 11.0. The van der Waals surface area contributed by atoms with E-state index >= 15 is 0 Å². The zero-order valence-electron chi connectivity index (χ0n) is 20.8. The van der Waals surface area contributed by atoms with Gasteiger partial charge in [0.1, 0.15) is 5.69 Å². The Balaban J connectivity index is 1.84. The second-order valence-electron chi connectivity index (χ2n) is 11.0. The molecule has 0 bridgehead atoms. The van der Waals surface area contributed by atoms with E-state index < -0.39 is 5.60 Å². The summed E-state index contributed by atoms with van der Waals surface area (Å²) in [6.45, 7) is 10.1. The molecule has 1 fully saturated rings. The summed E-state index contributed by atoms with van der Waals surface area (Å²) in [6, 6.07) is 9.37. The van der Waals surface area contributed by atoms with Crippen molar-refractivity contribution in [2.45, 2.75) is 77.4 Å². The van der Waals surface area contributed by atoms with Crippen LogP contribution in [0.1, 0.15) is 88.1 Å². The number of hydrogen-bond acceptors (Lipinski definition) is 5. The fourth-order valence-electron chi connectivity index (χ4n) is 4.88. The number of carbonyl (C=O) groups excluding carboxylic acids is 1. The SMILES string of the molecule is CC(C)(C)c1nn(C2CCC(CO)CC2)c2cc(C(C)(C)O)c(NC(=O)c3ccccn3)cc12. The summed E-state index contributed by atoms with van der Waals surface area (Å²) in [6.07, 6.45) is 5.46. The lowest BCUT2D eigenvalue weighted by molar-refractivity contribution is 0.0793. The van der Waals surface area contributed by atoms with E-state index in [1.807, 2.05) is 12.1 Å². The monoisotopic (exact) mass is 464 g/mol. The van der Waals surface area contributed by atoms with Crippen LogP contribution in [0.2, 0.25) is 0 Å². The molecule has 0 radical (unpaired) electrons. The normalized spacial score (nSPS) is 19.4. The number of aromatic nitrogens is 3. The molecule has 0 unspecified atom stereocenters. The largest absolute Gasteiger partial charge is 0.396 e. The third-order valence-corrected chi connectivity index (χ3v) is 6.78. The molecule has 1 aliphatic carbocycles. The Morgan fingerprint density at radius 3 is 2.38 bits per heavy atom. The Kier molecular flexibility index (Phi) is 6.53. The smallest absolute Gasteiger partial charge is 0.274 e. The Morgan fingerprint density at radius 1 is 1.12 bits per heavy atom. The van der Waals surface area contributed by atoms with Crippen molar-refractivity contribution in [1.82, 2.24) is 14.8 Å². The van der Waals surface area contributed by atoms with Gasteiger partial charge in [-0.3, -0.25) is 14.5 Å². The lowest BCUT2D eigenvalue weighted by Crippen LogP contribution is -2.23. The number of nitrogens with one attached hydrogen (secondary N) is 1. The number of aliphatic hydroxyl groups excluding tert-OH is 1. The van der Waals surface area contributed by atoms with Gasteiger partial charge in [-0.15, -0.1) is 0 Å². The van der Waals surface area contributed by atoms with E-state index in [0.29, 0.717) is 22.9 Å². The van der Waals surface area contributed by atoms with Gasteiger partial charge in [0, 0.05) is 34.9 Å². The van der Waals surface area contributed by atoms with Crippen LogP contribution in [-0.4, -0.2) is 37.5 Å². The topological polar surface area (TPSA) is 100 Å². The van der Waals surface area contributed by atoms with E-state index in [1.165, 1.54) is 0 Å². The van der Waals surface area contributed by atoms with Gasteiger partial charge in [-0.2, -0.15) is 5.10 Å². The van der Waals surface area contributed by atoms with Crippen molar-refractivity contribution in [2.24, 2.45) is 5.92 Å². The van der Waals surface area contributed by atoms with E-state index in [-0.39, 0.29) is 24.0 Å². The van der Waals surface area contributed by atoms with Crippen molar-refractivity contribution in [3.05, 3.63) is 53.5 Å². The highest BCUT2D eigenvalue weighted by Crippen LogP contribution is 2.40.